The highest BCUT2D eigenvalue weighted by atomic mass is 14.9. The van der Waals surface area contributed by atoms with E-state index in [4.69, 9.17) is 5.26 Å². The van der Waals surface area contributed by atoms with Crippen LogP contribution in [0.1, 0.15) is 32.2 Å². The number of aryl methyl sites for hydroxylation is 1. The van der Waals surface area contributed by atoms with Gasteiger partial charge >= 0.3 is 0 Å². The second-order valence-corrected chi connectivity index (χ2v) is 4.51. The molecule has 3 heteroatoms. The number of hydrogen-bond donors (Lipinski definition) is 1. The molecule has 0 aliphatic heterocycles. The quantitative estimate of drug-likeness (QED) is 0.833. The molecule has 1 heterocycles. The van der Waals surface area contributed by atoms with E-state index in [9.17, 15) is 0 Å². The van der Waals surface area contributed by atoms with Crippen LogP contribution in [0.2, 0.25) is 0 Å². The number of rotatable bonds is 2. The van der Waals surface area contributed by atoms with Crippen molar-refractivity contribution in [2.75, 3.05) is 0 Å². The summed E-state index contributed by atoms with van der Waals surface area (Å²) in [6.45, 7) is 5.91. The van der Waals surface area contributed by atoms with Crippen LogP contribution in [0, 0.1) is 11.3 Å². The van der Waals surface area contributed by atoms with E-state index in [-0.39, 0.29) is 0 Å². The summed E-state index contributed by atoms with van der Waals surface area (Å²) in [6, 6.07) is 8.28. The fraction of sp³-hybridized carbons (Fsp3) is 0.385. The first kappa shape index (κ1) is 10.7. The zero-order valence-corrected chi connectivity index (χ0v) is 9.83. The normalized spacial score (nSPS) is 11.6. The van der Waals surface area contributed by atoms with Crippen LogP contribution in [0.25, 0.3) is 11.0 Å². The van der Waals surface area contributed by atoms with E-state index in [1.807, 2.05) is 32.0 Å². The molecule has 16 heavy (non-hydrogen) atoms. The average Bonchev–Trinajstić information content (AvgIpc) is 2.70. The van der Waals surface area contributed by atoms with E-state index in [0.29, 0.717) is 0 Å². The number of benzene rings is 1. The molecule has 0 aliphatic rings. The minimum Gasteiger partial charge on any atom is -0.342 e. The van der Waals surface area contributed by atoms with Gasteiger partial charge in [-0.1, -0.05) is 13.0 Å². The fourth-order valence-corrected chi connectivity index (χ4v) is 1.68. The van der Waals surface area contributed by atoms with E-state index in [2.05, 4.69) is 23.0 Å². The number of H-pyrrole nitrogens is 1. The van der Waals surface area contributed by atoms with Crippen molar-refractivity contribution < 1.29 is 0 Å². The van der Waals surface area contributed by atoms with Crippen LogP contribution < -0.4 is 0 Å². The average molecular weight is 213 g/mol. The van der Waals surface area contributed by atoms with Gasteiger partial charge < -0.3 is 4.98 Å². The smallest absolute Gasteiger partial charge is 0.106 e. The molecule has 1 aromatic heterocycles. The van der Waals surface area contributed by atoms with Crippen LogP contribution in [0.3, 0.4) is 0 Å². The summed E-state index contributed by atoms with van der Waals surface area (Å²) in [5.41, 5.74) is 2.55. The summed E-state index contributed by atoms with van der Waals surface area (Å²) in [6.07, 6.45) is 0.895. The van der Waals surface area contributed by atoms with Gasteiger partial charge in [0.25, 0.3) is 0 Å². The van der Waals surface area contributed by atoms with Gasteiger partial charge in [0.05, 0.1) is 22.5 Å². The van der Waals surface area contributed by atoms with E-state index >= 15 is 0 Å². The number of nitriles is 1. The maximum Gasteiger partial charge on any atom is 0.106 e. The monoisotopic (exact) mass is 213 g/mol. The van der Waals surface area contributed by atoms with Gasteiger partial charge in [-0.05, 0) is 31.5 Å². The third-order valence-electron chi connectivity index (χ3n) is 2.87. The van der Waals surface area contributed by atoms with Gasteiger partial charge in [0, 0.05) is 6.42 Å². The van der Waals surface area contributed by atoms with Gasteiger partial charge in [-0.25, -0.2) is 4.98 Å². The standard InChI is InChI=1S/C13H15N3/c1-4-12-15-10-6-5-9(7-11(10)16-12)13(2,3)8-14/h5-7H,4H2,1-3H3,(H,15,16). The molecule has 0 spiro atoms. The zero-order valence-electron chi connectivity index (χ0n) is 9.83. The maximum absolute atomic E-state index is 9.10. The Bertz CT molecular complexity index is 558. The Balaban J connectivity index is 2.56. The summed E-state index contributed by atoms with van der Waals surface area (Å²) in [7, 11) is 0. The lowest BCUT2D eigenvalue weighted by Crippen LogP contribution is -2.13. The highest BCUT2D eigenvalue weighted by Gasteiger charge is 2.20. The van der Waals surface area contributed by atoms with Gasteiger partial charge in [-0.15, -0.1) is 0 Å². The number of fused-ring (bicyclic) bond motifs is 1. The number of aromatic nitrogens is 2. The largest absolute Gasteiger partial charge is 0.342 e. The summed E-state index contributed by atoms with van der Waals surface area (Å²) in [5, 5.41) is 9.10. The van der Waals surface area contributed by atoms with Crippen molar-refractivity contribution in [1.29, 1.82) is 5.26 Å². The van der Waals surface area contributed by atoms with Crippen molar-refractivity contribution >= 4 is 11.0 Å². The zero-order chi connectivity index (χ0) is 11.8. The van der Waals surface area contributed by atoms with Crippen LogP contribution in [-0.2, 0) is 11.8 Å². The Morgan fingerprint density at radius 1 is 1.44 bits per heavy atom. The molecule has 1 N–H and O–H groups in total. The Kier molecular flexibility index (Phi) is 2.43. The molecular formula is C13H15N3. The first-order chi connectivity index (χ1) is 7.56. The number of imidazole rings is 1. The Morgan fingerprint density at radius 2 is 2.19 bits per heavy atom. The molecule has 1 aromatic carbocycles. The van der Waals surface area contributed by atoms with Gasteiger partial charge in [-0.2, -0.15) is 5.26 Å². The molecule has 0 saturated heterocycles. The topological polar surface area (TPSA) is 52.5 Å². The number of nitrogens with one attached hydrogen (secondary N) is 1. The predicted molar refractivity (Wildman–Crippen MR) is 64.1 cm³/mol. The maximum atomic E-state index is 9.10. The lowest BCUT2D eigenvalue weighted by atomic mass is 9.86. The molecule has 0 amide bonds. The molecular weight excluding hydrogens is 198 g/mol. The molecule has 82 valence electrons. The molecule has 2 aromatic rings. The lowest BCUT2D eigenvalue weighted by molar-refractivity contribution is 0.688. The minimum atomic E-state index is -0.453. The summed E-state index contributed by atoms with van der Waals surface area (Å²) in [5.74, 6) is 0.988. The summed E-state index contributed by atoms with van der Waals surface area (Å²) >= 11 is 0. The minimum absolute atomic E-state index is 0.453. The highest BCUT2D eigenvalue weighted by molar-refractivity contribution is 5.76. The van der Waals surface area contributed by atoms with Crippen LogP contribution in [-0.4, -0.2) is 9.97 Å². The van der Waals surface area contributed by atoms with Crippen LogP contribution >= 0.6 is 0 Å². The van der Waals surface area contributed by atoms with Crippen molar-refractivity contribution in [3.8, 4) is 6.07 Å². The van der Waals surface area contributed by atoms with E-state index in [1.54, 1.807) is 0 Å². The Morgan fingerprint density at radius 3 is 2.81 bits per heavy atom. The second kappa shape index (κ2) is 3.64. The SMILES string of the molecule is CCc1nc2ccc(C(C)(C)C#N)cc2[nH]1. The second-order valence-electron chi connectivity index (χ2n) is 4.51. The van der Waals surface area contributed by atoms with Crippen molar-refractivity contribution in [1.82, 2.24) is 9.97 Å². The third kappa shape index (κ3) is 1.67. The van der Waals surface area contributed by atoms with Crippen LogP contribution in [0.5, 0.6) is 0 Å². The molecule has 3 nitrogen and oxygen atoms in total. The number of hydrogen-bond acceptors (Lipinski definition) is 2. The molecule has 0 radical (unpaired) electrons. The van der Waals surface area contributed by atoms with Gasteiger partial charge in [0.1, 0.15) is 5.82 Å². The number of aromatic amines is 1. The van der Waals surface area contributed by atoms with Crippen molar-refractivity contribution in [3.05, 3.63) is 29.6 Å². The molecule has 0 aliphatic carbocycles. The Labute approximate surface area is 95.1 Å². The summed E-state index contributed by atoms with van der Waals surface area (Å²) < 4.78 is 0. The van der Waals surface area contributed by atoms with Gasteiger partial charge in [0.15, 0.2) is 0 Å². The molecule has 0 unspecified atom stereocenters. The highest BCUT2D eigenvalue weighted by Crippen LogP contribution is 2.25. The van der Waals surface area contributed by atoms with Crippen LogP contribution in [0.4, 0.5) is 0 Å². The first-order valence-electron chi connectivity index (χ1n) is 5.47. The molecule has 0 saturated carbocycles. The predicted octanol–water partition coefficient (Wildman–Crippen LogP) is 2.93. The van der Waals surface area contributed by atoms with Gasteiger partial charge in [-0.3, -0.25) is 0 Å². The van der Waals surface area contributed by atoms with Crippen molar-refractivity contribution in [2.45, 2.75) is 32.6 Å². The van der Waals surface area contributed by atoms with Crippen LogP contribution in [0.15, 0.2) is 18.2 Å². The number of nitrogens with zero attached hydrogens (tertiary/aromatic N) is 2. The van der Waals surface area contributed by atoms with E-state index < -0.39 is 5.41 Å². The van der Waals surface area contributed by atoms with E-state index in [0.717, 1.165) is 28.8 Å². The third-order valence-corrected chi connectivity index (χ3v) is 2.87. The van der Waals surface area contributed by atoms with Crippen molar-refractivity contribution in [2.24, 2.45) is 0 Å². The lowest BCUT2D eigenvalue weighted by Gasteiger charge is -2.15. The molecule has 0 atom stereocenters. The summed E-state index contributed by atoms with van der Waals surface area (Å²) in [4.78, 5) is 7.70. The molecule has 0 bridgehead atoms. The fourth-order valence-electron chi connectivity index (χ4n) is 1.68. The van der Waals surface area contributed by atoms with E-state index in [1.165, 1.54) is 0 Å². The van der Waals surface area contributed by atoms with Crippen molar-refractivity contribution in [3.63, 3.8) is 0 Å². The Hall–Kier alpha value is -1.82. The first-order valence-corrected chi connectivity index (χ1v) is 5.47. The molecule has 2 rings (SSSR count). The molecule has 0 fully saturated rings. The van der Waals surface area contributed by atoms with Gasteiger partial charge in [0.2, 0.25) is 0 Å².